The van der Waals surface area contributed by atoms with Crippen molar-refractivity contribution in [2.75, 3.05) is 11.1 Å². The van der Waals surface area contributed by atoms with Crippen molar-refractivity contribution >= 4 is 23.0 Å². The molecule has 1 fully saturated rings. The van der Waals surface area contributed by atoms with Crippen molar-refractivity contribution in [3.63, 3.8) is 0 Å². The highest BCUT2D eigenvalue weighted by atomic mass is 35.5. The molecule has 1 aliphatic rings. The van der Waals surface area contributed by atoms with Crippen molar-refractivity contribution in [1.82, 2.24) is 0 Å². The Labute approximate surface area is 115 Å². The highest BCUT2D eigenvalue weighted by Gasteiger charge is 2.27. The monoisotopic (exact) mass is 266 g/mol. The van der Waals surface area contributed by atoms with Crippen molar-refractivity contribution in [3.05, 3.63) is 23.2 Å². The maximum Gasteiger partial charge on any atom is 0.0739 e. The molecule has 0 bridgehead atoms. The summed E-state index contributed by atoms with van der Waals surface area (Å²) in [5.41, 5.74) is 7.69. The third kappa shape index (κ3) is 2.92. The van der Waals surface area contributed by atoms with Gasteiger partial charge in [0, 0.05) is 6.04 Å². The van der Waals surface area contributed by atoms with Crippen LogP contribution in [-0.4, -0.2) is 6.04 Å². The van der Waals surface area contributed by atoms with Crippen molar-refractivity contribution in [3.8, 4) is 0 Å². The minimum Gasteiger partial charge on any atom is -0.396 e. The number of hydrogen-bond donors (Lipinski definition) is 2. The molecule has 2 nitrogen and oxygen atoms in total. The fourth-order valence-corrected chi connectivity index (χ4v) is 3.17. The minimum atomic E-state index is 0.527. The third-order valence-electron chi connectivity index (χ3n) is 4.07. The van der Waals surface area contributed by atoms with Crippen molar-refractivity contribution in [2.24, 2.45) is 11.8 Å². The summed E-state index contributed by atoms with van der Waals surface area (Å²) < 4.78 is 0. The lowest BCUT2D eigenvalue weighted by atomic mass is 9.78. The molecule has 18 heavy (non-hydrogen) atoms. The summed E-state index contributed by atoms with van der Waals surface area (Å²) in [4.78, 5) is 0. The Hall–Kier alpha value is -0.890. The molecule has 1 aromatic rings. The highest BCUT2D eigenvalue weighted by molar-refractivity contribution is 6.33. The van der Waals surface area contributed by atoms with Gasteiger partial charge in [-0.3, -0.25) is 0 Å². The molecule has 3 heteroatoms. The number of nitrogens with two attached hydrogens (primary N) is 1. The van der Waals surface area contributed by atoms with E-state index in [0.29, 0.717) is 22.7 Å². The fraction of sp³-hybridized carbons (Fsp3) is 0.600. The third-order valence-corrected chi connectivity index (χ3v) is 4.40. The van der Waals surface area contributed by atoms with E-state index in [2.05, 4.69) is 19.2 Å². The molecule has 1 aliphatic carbocycles. The van der Waals surface area contributed by atoms with Crippen LogP contribution in [0.15, 0.2) is 18.2 Å². The van der Waals surface area contributed by atoms with Crippen LogP contribution in [0.4, 0.5) is 11.4 Å². The normalized spacial score (nSPS) is 24.2. The van der Waals surface area contributed by atoms with Gasteiger partial charge >= 0.3 is 0 Å². The molecule has 2 rings (SSSR count). The Morgan fingerprint density at radius 2 is 2.00 bits per heavy atom. The Bertz CT molecular complexity index is 403. The molecule has 0 heterocycles. The Balaban J connectivity index is 2.13. The van der Waals surface area contributed by atoms with Gasteiger partial charge in [0.15, 0.2) is 0 Å². The average Bonchev–Trinajstić information content (AvgIpc) is 2.35. The summed E-state index contributed by atoms with van der Waals surface area (Å²) in [7, 11) is 0. The van der Waals surface area contributed by atoms with Crippen LogP contribution in [0, 0.1) is 11.8 Å². The molecule has 3 N–H and O–H groups in total. The molecule has 0 radical (unpaired) electrons. The van der Waals surface area contributed by atoms with Gasteiger partial charge in [0.1, 0.15) is 0 Å². The van der Waals surface area contributed by atoms with Gasteiger partial charge in [-0.1, -0.05) is 44.4 Å². The van der Waals surface area contributed by atoms with Crippen LogP contribution in [0.25, 0.3) is 0 Å². The van der Waals surface area contributed by atoms with Crippen LogP contribution in [0.1, 0.15) is 39.5 Å². The molecule has 2 atom stereocenters. The zero-order valence-corrected chi connectivity index (χ0v) is 12.0. The number of rotatable bonds is 3. The van der Waals surface area contributed by atoms with Crippen LogP contribution in [0.3, 0.4) is 0 Å². The first-order chi connectivity index (χ1) is 8.59. The molecule has 1 aromatic carbocycles. The first-order valence-electron chi connectivity index (χ1n) is 6.90. The van der Waals surface area contributed by atoms with E-state index in [1.54, 1.807) is 0 Å². The summed E-state index contributed by atoms with van der Waals surface area (Å²) in [5, 5.41) is 4.25. The molecule has 0 saturated heterocycles. The summed E-state index contributed by atoms with van der Waals surface area (Å²) >= 11 is 6.07. The Morgan fingerprint density at radius 1 is 1.28 bits per heavy atom. The van der Waals surface area contributed by atoms with E-state index in [1.807, 2.05) is 18.2 Å². The summed E-state index contributed by atoms with van der Waals surface area (Å²) in [6.45, 7) is 4.62. The maximum absolute atomic E-state index is 6.07. The van der Waals surface area contributed by atoms with E-state index >= 15 is 0 Å². The zero-order chi connectivity index (χ0) is 13.1. The molecule has 100 valence electrons. The van der Waals surface area contributed by atoms with Gasteiger partial charge < -0.3 is 11.1 Å². The molecule has 0 spiro atoms. The number of para-hydroxylation sites is 1. The minimum absolute atomic E-state index is 0.527. The van der Waals surface area contributed by atoms with E-state index in [1.165, 1.54) is 25.7 Å². The number of anilines is 2. The largest absolute Gasteiger partial charge is 0.396 e. The van der Waals surface area contributed by atoms with E-state index in [9.17, 15) is 0 Å². The summed E-state index contributed by atoms with van der Waals surface area (Å²) in [6.07, 6.45) is 5.21. The van der Waals surface area contributed by atoms with Crippen LogP contribution < -0.4 is 11.1 Å². The second kappa shape index (κ2) is 5.83. The topological polar surface area (TPSA) is 38.0 Å². The number of halogens is 1. The zero-order valence-electron chi connectivity index (χ0n) is 11.2. The van der Waals surface area contributed by atoms with E-state index in [-0.39, 0.29) is 0 Å². The van der Waals surface area contributed by atoms with Gasteiger partial charge in [0.05, 0.1) is 16.4 Å². The van der Waals surface area contributed by atoms with E-state index < -0.39 is 0 Å². The smallest absolute Gasteiger partial charge is 0.0739 e. The van der Waals surface area contributed by atoms with Gasteiger partial charge in [0.25, 0.3) is 0 Å². The number of nitrogen functional groups attached to an aromatic ring is 1. The summed E-state index contributed by atoms with van der Waals surface area (Å²) in [6, 6.07) is 6.34. The first kappa shape index (κ1) is 13.5. The van der Waals surface area contributed by atoms with Gasteiger partial charge in [-0.05, 0) is 36.8 Å². The van der Waals surface area contributed by atoms with E-state index in [0.717, 1.165) is 11.6 Å². The first-order valence-corrected chi connectivity index (χ1v) is 7.28. The number of benzene rings is 1. The van der Waals surface area contributed by atoms with Crippen LogP contribution in [-0.2, 0) is 0 Å². The van der Waals surface area contributed by atoms with Crippen LogP contribution in [0.2, 0.25) is 5.02 Å². The van der Waals surface area contributed by atoms with Crippen LogP contribution in [0.5, 0.6) is 0 Å². The lowest BCUT2D eigenvalue weighted by molar-refractivity contribution is 0.254. The lowest BCUT2D eigenvalue weighted by Crippen LogP contribution is -2.35. The molecule has 0 amide bonds. The number of hydrogen-bond acceptors (Lipinski definition) is 2. The molecular formula is C15H23ClN2. The number of nitrogens with one attached hydrogen (secondary N) is 1. The lowest BCUT2D eigenvalue weighted by Gasteiger charge is -2.35. The second-order valence-electron chi connectivity index (χ2n) is 5.64. The predicted octanol–water partition coefficient (Wildman–Crippen LogP) is 4.55. The molecule has 0 aromatic heterocycles. The van der Waals surface area contributed by atoms with Gasteiger partial charge in [-0.25, -0.2) is 0 Å². The second-order valence-corrected chi connectivity index (χ2v) is 6.05. The fourth-order valence-electron chi connectivity index (χ4n) is 3.00. The quantitative estimate of drug-likeness (QED) is 0.788. The molecular weight excluding hydrogens is 244 g/mol. The average molecular weight is 267 g/mol. The van der Waals surface area contributed by atoms with Gasteiger partial charge in [-0.15, -0.1) is 0 Å². The molecule has 1 saturated carbocycles. The highest BCUT2D eigenvalue weighted by Crippen LogP contribution is 2.34. The SMILES string of the molecule is CC(C)C1CCCCC1Nc1cccc(Cl)c1N. The van der Waals surface area contributed by atoms with Crippen molar-refractivity contribution in [1.29, 1.82) is 0 Å². The summed E-state index contributed by atoms with van der Waals surface area (Å²) in [5.74, 6) is 1.44. The van der Waals surface area contributed by atoms with Crippen molar-refractivity contribution in [2.45, 2.75) is 45.6 Å². The Morgan fingerprint density at radius 3 is 2.72 bits per heavy atom. The maximum atomic E-state index is 6.07. The van der Waals surface area contributed by atoms with Crippen LogP contribution >= 0.6 is 11.6 Å². The van der Waals surface area contributed by atoms with Gasteiger partial charge in [0.2, 0.25) is 0 Å². The van der Waals surface area contributed by atoms with Crippen molar-refractivity contribution < 1.29 is 0 Å². The molecule has 0 aliphatic heterocycles. The van der Waals surface area contributed by atoms with Gasteiger partial charge in [-0.2, -0.15) is 0 Å². The van der Waals surface area contributed by atoms with E-state index in [4.69, 9.17) is 17.3 Å². The molecule has 2 unspecified atom stereocenters. The standard InChI is InChI=1S/C15H23ClN2/c1-10(2)11-6-3-4-8-13(11)18-14-9-5-7-12(16)15(14)17/h5,7,9-11,13,18H,3-4,6,8,17H2,1-2H3. The Kier molecular flexibility index (Phi) is 4.39. The predicted molar refractivity (Wildman–Crippen MR) is 80.1 cm³/mol.